The second kappa shape index (κ2) is 6.00. The van der Waals surface area contributed by atoms with Gasteiger partial charge in [0.15, 0.2) is 0 Å². The van der Waals surface area contributed by atoms with Crippen LogP contribution in [0.5, 0.6) is 0 Å². The zero-order valence-electron chi connectivity index (χ0n) is 12.7. The number of carbonyl (C=O) groups excluding carboxylic acids is 2. The maximum Gasteiger partial charge on any atom is 0.307 e. The standard InChI is InChI=1S/C16H17N3O3S/c1-10-9-23-16(22)18(10)8-14(20)19-7-12-5-3-2-4-11(12)6-13(19)15(17)21/h2-5,9,13H,6-8H2,1H3,(H2,17,21)/t13-/m1/s1. The Bertz CT molecular complexity index is 824. The molecule has 0 unspecified atom stereocenters. The van der Waals surface area contributed by atoms with Gasteiger partial charge in [0.2, 0.25) is 11.8 Å². The van der Waals surface area contributed by atoms with Crippen LogP contribution in [0.4, 0.5) is 0 Å². The molecular weight excluding hydrogens is 314 g/mol. The fraction of sp³-hybridized carbons (Fsp3) is 0.312. The molecule has 0 aliphatic carbocycles. The van der Waals surface area contributed by atoms with Crippen molar-refractivity contribution in [1.29, 1.82) is 0 Å². The normalized spacial score (nSPS) is 16.9. The number of benzene rings is 1. The third-order valence-electron chi connectivity index (χ3n) is 4.17. The van der Waals surface area contributed by atoms with Gasteiger partial charge in [-0.15, -0.1) is 0 Å². The monoisotopic (exact) mass is 331 g/mol. The number of aromatic nitrogens is 1. The van der Waals surface area contributed by atoms with Crippen LogP contribution >= 0.6 is 11.3 Å². The highest BCUT2D eigenvalue weighted by Crippen LogP contribution is 2.23. The Morgan fingerprint density at radius 1 is 1.30 bits per heavy atom. The second-order valence-electron chi connectivity index (χ2n) is 5.64. The Hall–Kier alpha value is -2.41. The van der Waals surface area contributed by atoms with Crippen LogP contribution in [0.3, 0.4) is 0 Å². The fourth-order valence-corrected chi connectivity index (χ4v) is 3.60. The highest BCUT2D eigenvalue weighted by molar-refractivity contribution is 7.07. The molecule has 3 rings (SSSR count). The zero-order valence-corrected chi connectivity index (χ0v) is 13.5. The van der Waals surface area contributed by atoms with Crippen molar-refractivity contribution in [2.75, 3.05) is 0 Å². The second-order valence-corrected chi connectivity index (χ2v) is 6.46. The van der Waals surface area contributed by atoms with Gasteiger partial charge in [0.25, 0.3) is 0 Å². The van der Waals surface area contributed by atoms with E-state index in [4.69, 9.17) is 5.73 Å². The van der Waals surface area contributed by atoms with E-state index in [1.165, 1.54) is 9.47 Å². The average Bonchev–Trinajstić information content (AvgIpc) is 2.85. The van der Waals surface area contributed by atoms with Crippen molar-refractivity contribution >= 4 is 23.2 Å². The fourth-order valence-electron chi connectivity index (χ4n) is 2.86. The molecule has 0 fully saturated rings. The lowest BCUT2D eigenvalue weighted by molar-refractivity contribution is -0.141. The lowest BCUT2D eigenvalue weighted by atomic mass is 9.93. The maximum atomic E-state index is 12.7. The number of aryl methyl sites for hydroxylation is 1. The first-order valence-corrected chi connectivity index (χ1v) is 8.16. The van der Waals surface area contributed by atoms with Crippen LogP contribution < -0.4 is 10.6 Å². The van der Waals surface area contributed by atoms with E-state index in [0.29, 0.717) is 13.0 Å². The van der Waals surface area contributed by atoms with E-state index in [9.17, 15) is 14.4 Å². The van der Waals surface area contributed by atoms with E-state index in [2.05, 4.69) is 0 Å². The SMILES string of the molecule is Cc1csc(=O)n1CC(=O)N1Cc2ccccc2C[C@@H]1C(N)=O. The summed E-state index contributed by atoms with van der Waals surface area (Å²) in [5.41, 5.74) is 8.26. The number of nitrogens with two attached hydrogens (primary N) is 1. The zero-order chi connectivity index (χ0) is 16.6. The van der Waals surface area contributed by atoms with Crippen molar-refractivity contribution < 1.29 is 9.59 Å². The van der Waals surface area contributed by atoms with E-state index >= 15 is 0 Å². The van der Waals surface area contributed by atoms with Crippen molar-refractivity contribution in [2.24, 2.45) is 5.73 Å². The number of hydrogen-bond donors (Lipinski definition) is 1. The summed E-state index contributed by atoms with van der Waals surface area (Å²) in [6.07, 6.45) is 0.411. The van der Waals surface area contributed by atoms with Crippen LogP contribution in [0.2, 0.25) is 0 Å². The van der Waals surface area contributed by atoms with Gasteiger partial charge in [-0.3, -0.25) is 19.0 Å². The molecule has 2 heterocycles. The summed E-state index contributed by atoms with van der Waals surface area (Å²) < 4.78 is 1.42. The largest absolute Gasteiger partial charge is 0.368 e. The number of amides is 2. The van der Waals surface area contributed by atoms with Crippen molar-refractivity contribution in [3.05, 3.63) is 56.1 Å². The molecule has 120 valence electrons. The van der Waals surface area contributed by atoms with Gasteiger partial charge in [0.1, 0.15) is 12.6 Å². The molecule has 1 aromatic heterocycles. The first-order chi connectivity index (χ1) is 11.0. The third kappa shape index (κ3) is 2.92. The molecule has 0 bridgehead atoms. The van der Waals surface area contributed by atoms with E-state index < -0.39 is 11.9 Å². The van der Waals surface area contributed by atoms with E-state index in [1.807, 2.05) is 24.3 Å². The van der Waals surface area contributed by atoms with E-state index in [1.54, 1.807) is 12.3 Å². The molecule has 0 saturated carbocycles. The average molecular weight is 331 g/mol. The number of fused-ring (bicyclic) bond motifs is 1. The summed E-state index contributed by atoms with van der Waals surface area (Å²) in [5.74, 6) is -0.797. The van der Waals surface area contributed by atoms with Gasteiger partial charge in [0, 0.05) is 24.0 Å². The number of primary amides is 1. The topological polar surface area (TPSA) is 85.4 Å². The van der Waals surface area contributed by atoms with Crippen molar-refractivity contribution in [3.8, 4) is 0 Å². The van der Waals surface area contributed by atoms with Gasteiger partial charge in [-0.2, -0.15) is 0 Å². The summed E-state index contributed by atoms with van der Waals surface area (Å²) in [6, 6.07) is 7.02. The molecule has 2 N–H and O–H groups in total. The molecule has 0 spiro atoms. The van der Waals surface area contributed by atoms with Gasteiger partial charge in [-0.1, -0.05) is 35.6 Å². The third-order valence-corrected chi connectivity index (χ3v) is 5.05. The lowest BCUT2D eigenvalue weighted by Gasteiger charge is -2.35. The van der Waals surface area contributed by atoms with E-state index in [0.717, 1.165) is 28.2 Å². The van der Waals surface area contributed by atoms with Crippen LogP contribution in [0.15, 0.2) is 34.4 Å². The first-order valence-electron chi connectivity index (χ1n) is 7.28. The van der Waals surface area contributed by atoms with Crippen molar-refractivity contribution in [2.45, 2.75) is 32.5 Å². The molecule has 1 aliphatic heterocycles. The lowest BCUT2D eigenvalue weighted by Crippen LogP contribution is -2.52. The molecule has 1 atom stereocenters. The Morgan fingerprint density at radius 3 is 2.61 bits per heavy atom. The predicted molar refractivity (Wildman–Crippen MR) is 87.0 cm³/mol. The molecule has 6 nitrogen and oxygen atoms in total. The summed E-state index contributed by atoms with van der Waals surface area (Å²) in [5, 5.41) is 1.71. The maximum absolute atomic E-state index is 12.7. The van der Waals surface area contributed by atoms with Crippen LogP contribution in [0, 0.1) is 6.92 Å². The van der Waals surface area contributed by atoms with Gasteiger partial charge in [0.05, 0.1) is 0 Å². The minimum Gasteiger partial charge on any atom is -0.368 e. The summed E-state index contributed by atoms with van der Waals surface area (Å²) >= 11 is 1.06. The number of rotatable bonds is 3. The van der Waals surface area contributed by atoms with Crippen LogP contribution in [0.25, 0.3) is 0 Å². The number of thiazole rings is 1. The van der Waals surface area contributed by atoms with Crippen LogP contribution in [-0.4, -0.2) is 27.3 Å². The molecule has 1 aromatic carbocycles. The minimum atomic E-state index is -0.674. The Labute approximate surface area is 137 Å². The smallest absolute Gasteiger partial charge is 0.307 e. The molecule has 1 aliphatic rings. The molecular formula is C16H17N3O3S. The summed E-state index contributed by atoms with van der Waals surface area (Å²) in [4.78, 5) is 37.5. The van der Waals surface area contributed by atoms with E-state index in [-0.39, 0.29) is 17.3 Å². The first kappa shape index (κ1) is 15.5. The quantitative estimate of drug-likeness (QED) is 0.896. The predicted octanol–water partition coefficient (Wildman–Crippen LogP) is 0.657. The summed E-state index contributed by atoms with van der Waals surface area (Å²) in [6.45, 7) is 2.04. The Balaban J connectivity index is 1.89. The highest BCUT2D eigenvalue weighted by atomic mass is 32.1. The number of nitrogens with zero attached hydrogens (tertiary/aromatic N) is 2. The molecule has 23 heavy (non-hydrogen) atoms. The van der Waals surface area contributed by atoms with Crippen molar-refractivity contribution in [1.82, 2.24) is 9.47 Å². The minimum absolute atomic E-state index is 0.0693. The molecule has 2 aromatic rings. The van der Waals surface area contributed by atoms with Crippen LogP contribution in [-0.2, 0) is 29.1 Å². The van der Waals surface area contributed by atoms with Gasteiger partial charge in [-0.05, 0) is 18.1 Å². The Kier molecular flexibility index (Phi) is 4.04. The Morgan fingerprint density at radius 2 is 2.00 bits per heavy atom. The summed E-state index contributed by atoms with van der Waals surface area (Å²) in [7, 11) is 0. The molecule has 7 heteroatoms. The molecule has 0 saturated heterocycles. The van der Waals surface area contributed by atoms with Gasteiger partial charge >= 0.3 is 4.87 Å². The van der Waals surface area contributed by atoms with Gasteiger partial charge < -0.3 is 10.6 Å². The van der Waals surface area contributed by atoms with Crippen molar-refractivity contribution in [3.63, 3.8) is 0 Å². The van der Waals surface area contributed by atoms with Gasteiger partial charge in [-0.25, -0.2) is 0 Å². The van der Waals surface area contributed by atoms with Crippen LogP contribution in [0.1, 0.15) is 16.8 Å². The highest BCUT2D eigenvalue weighted by Gasteiger charge is 2.33. The molecule has 0 radical (unpaired) electrons. The number of hydrogen-bond acceptors (Lipinski definition) is 4. The number of carbonyl (C=O) groups is 2. The molecule has 2 amide bonds.